The van der Waals surface area contributed by atoms with E-state index in [1.165, 1.54) is 0 Å². The van der Waals surface area contributed by atoms with Gasteiger partial charge in [0.25, 0.3) is 0 Å². The first kappa shape index (κ1) is 12.0. The van der Waals surface area contributed by atoms with E-state index in [0.29, 0.717) is 13.0 Å². The van der Waals surface area contributed by atoms with Crippen LogP contribution in [0, 0.1) is 5.92 Å². The molecule has 0 aromatic carbocycles. The third-order valence-electron chi connectivity index (χ3n) is 2.32. The molecule has 1 atom stereocenters. The van der Waals surface area contributed by atoms with Gasteiger partial charge in [-0.1, -0.05) is 0 Å². The lowest BCUT2D eigenvalue weighted by Crippen LogP contribution is -2.36. The number of alkyl carbamates (subject to hydrolysis) is 1. The van der Waals surface area contributed by atoms with Crippen LogP contribution in [-0.2, 0) is 9.53 Å². The summed E-state index contributed by atoms with van der Waals surface area (Å²) in [6, 6.07) is 0. The molecule has 4 heteroatoms. The van der Waals surface area contributed by atoms with E-state index in [-0.39, 0.29) is 11.7 Å². The van der Waals surface area contributed by atoms with Crippen molar-refractivity contribution in [2.24, 2.45) is 5.92 Å². The van der Waals surface area contributed by atoms with Gasteiger partial charge in [0.2, 0.25) is 0 Å². The quantitative estimate of drug-likeness (QED) is 0.762. The predicted octanol–water partition coefficient (Wildman–Crippen LogP) is 1.88. The molecule has 0 bridgehead atoms. The van der Waals surface area contributed by atoms with E-state index >= 15 is 0 Å². The molecule has 1 N–H and O–H groups in total. The molecule has 0 aromatic heterocycles. The van der Waals surface area contributed by atoms with Crippen LogP contribution < -0.4 is 5.32 Å². The van der Waals surface area contributed by atoms with Crippen LogP contribution in [0.15, 0.2) is 0 Å². The lowest BCUT2D eigenvalue weighted by molar-refractivity contribution is -0.120. The number of rotatable bonds is 2. The zero-order chi connectivity index (χ0) is 11.5. The van der Waals surface area contributed by atoms with Crippen LogP contribution in [0.1, 0.15) is 40.0 Å². The number of hydrogen-bond donors (Lipinski definition) is 1. The number of carbonyl (C=O) groups is 2. The average Bonchev–Trinajstić information content (AvgIpc) is 2.44. The van der Waals surface area contributed by atoms with Gasteiger partial charge in [-0.15, -0.1) is 0 Å². The van der Waals surface area contributed by atoms with E-state index in [9.17, 15) is 9.59 Å². The van der Waals surface area contributed by atoms with E-state index in [1.807, 2.05) is 20.8 Å². The molecule has 1 rings (SSSR count). The van der Waals surface area contributed by atoms with Gasteiger partial charge >= 0.3 is 6.09 Å². The lowest BCUT2D eigenvalue weighted by atomic mass is 10.1. The molecule has 0 aromatic rings. The van der Waals surface area contributed by atoms with Gasteiger partial charge in [-0.3, -0.25) is 4.79 Å². The summed E-state index contributed by atoms with van der Waals surface area (Å²) in [5, 5.41) is 2.63. The molecule has 0 spiro atoms. The summed E-state index contributed by atoms with van der Waals surface area (Å²) >= 11 is 0. The summed E-state index contributed by atoms with van der Waals surface area (Å²) in [6.07, 6.45) is 2.04. The fourth-order valence-electron chi connectivity index (χ4n) is 1.62. The standard InChI is InChI=1S/C11H19NO3/c1-11(2,3)15-10(14)12-7-8-5-4-6-9(8)13/h8H,4-7H2,1-3H3,(H,12,14)/t8-/m0/s1. The molecule has 4 nitrogen and oxygen atoms in total. The van der Waals surface area contributed by atoms with Crippen LogP contribution >= 0.6 is 0 Å². The molecule has 1 aliphatic rings. The first-order chi connectivity index (χ1) is 6.88. The molecule has 1 aliphatic carbocycles. The Morgan fingerprint density at radius 2 is 2.20 bits per heavy atom. The lowest BCUT2D eigenvalue weighted by Gasteiger charge is -2.20. The summed E-state index contributed by atoms with van der Waals surface area (Å²) in [5.74, 6) is 0.253. The van der Waals surface area contributed by atoms with Crippen molar-refractivity contribution in [2.45, 2.75) is 45.6 Å². The largest absolute Gasteiger partial charge is 0.444 e. The first-order valence-electron chi connectivity index (χ1n) is 5.38. The van der Waals surface area contributed by atoms with Gasteiger partial charge in [0.15, 0.2) is 0 Å². The minimum Gasteiger partial charge on any atom is -0.444 e. The van der Waals surface area contributed by atoms with Gasteiger partial charge in [0.1, 0.15) is 11.4 Å². The van der Waals surface area contributed by atoms with Crippen molar-refractivity contribution in [3.63, 3.8) is 0 Å². The highest BCUT2D eigenvalue weighted by molar-refractivity contribution is 5.83. The Bertz CT molecular complexity index is 255. The van der Waals surface area contributed by atoms with Gasteiger partial charge in [-0.2, -0.15) is 0 Å². The highest BCUT2D eigenvalue weighted by Crippen LogP contribution is 2.20. The zero-order valence-electron chi connectivity index (χ0n) is 9.63. The van der Waals surface area contributed by atoms with Crippen molar-refractivity contribution >= 4 is 11.9 Å². The topological polar surface area (TPSA) is 55.4 Å². The second-order valence-electron chi connectivity index (χ2n) is 4.94. The van der Waals surface area contributed by atoms with Crippen LogP contribution in [0.5, 0.6) is 0 Å². The molecule has 0 aliphatic heterocycles. The predicted molar refractivity (Wildman–Crippen MR) is 56.6 cm³/mol. The van der Waals surface area contributed by atoms with E-state index in [1.54, 1.807) is 0 Å². The fraction of sp³-hybridized carbons (Fsp3) is 0.818. The number of hydrogen-bond acceptors (Lipinski definition) is 3. The Balaban J connectivity index is 2.25. The summed E-state index contributed by atoms with van der Waals surface area (Å²) in [4.78, 5) is 22.6. The SMILES string of the molecule is CC(C)(C)OC(=O)NC[C@@H]1CCCC1=O. The van der Waals surface area contributed by atoms with Crippen molar-refractivity contribution in [2.75, 3.05) is 6.54 Å². The van der Waals surface area contributed by atoms with Crippen molar-refractivity contribution in [3.05, 3.63) is 0 Å². The van der Waals surface area contributed by atoms with Crippen molar-refractivity contribution in [1.29, 1.82) is 0 Å². The van der Waals surface area contributed by atoms with Crippen LogP contribution in [0.3, 0.4) is 0 Å². The number of nitrogens with one attached hydrogen (secondary N) is 1. The average molecular weight is 213 g/mol. The Morgan fingerprint density at radius 1 is 1.53 bits per heavy atom. The zero-order valence-corrected chi connectivity index (χ0v) is 9.63. The number of ketones is 1. The van der Waals surface area contributed by atoms with E-state index in [0.717, 1.165) is 12.8 Å². The molecule has 0 radical (unpaired) electrons. The highest BCUT2D eigenvalue weighted by atomic mass is 16.6. The normalized spacial score (nSPS) is 21.5. The Kier molecular flexibility index (Phi) is 3.72. The molecular formula is C11H19NO3. The monoisotopic (exact) mass is 213 g/mol. The molecule has 1 fully saturated rings. The van der Waals surface area contributed by atoms with Crippen LogP contribution in [0.2, 0.25) is 0 Å². The van der Waals surface area contributed by atoms with Gasteiger partial charge in [-0.05, 0) is 33.6 Å². The minimum absolute atomic E-state index is 0.00230. The van der Waals surface area contributed by atoms with Crippen LogP contribution in [0.4, 0.5) is 4.79 Å². The van der Waals surface area contributed by atoms with Crippen molar-refractivity contribution in [3.8, 4) is 0 Å². The van der Waals surface area contributed by atoms with E-state index in [2.05, 4.69) is 5.32 Å². The number of Topliss-reactive ketones (excluding diaryl/α,β-unsaturated/α-hetero) is 1. The summed E-state index contributed by atoms with van der Waals surface area (Å²) in [6.45, 7) is 5.85. The molecule has 0 heterocycles. The second-order valence-corrected chi connectivity index (χ2v) is 4.94. The van der Waals surface area contributed by atoms with Crippen molar-refractivity contribution < 1.29 is 14.3 Å². The molecule has 15 heavy (non-hydrogen) atoms. The third-order valence-corrected chi connectivity index (χ3v) is 2.32. The fourth-order valence-corrected chi connectivity index (χ4v) is 1.62. The maximum atomic E-state index is 11.3. The van der Waals surface area contributed by atoms with Crippen LogP contribution in [0.25, 0.3) is 0 Å². The summed E-state index contributed by atoms with van der Waals surface area (Å²) in [5.41, 5.74) is -0.482. The molecular weight excluding hydrogens is 194 g/mol. The van der Waals surface area contributed by atoms with E-state index in [4.69, 9.17) is 4.74 Å². The van der Waals surface area contributed by atoms with Gasteiger partial charge < -0.3 is 10.1 Å². The smallest absolute Gasteiger partial charge is 0.407 e. The van der Waals surface area contributed by atoms with E-state index < -0.39 is 11.7 Å². The molecule has 86 valence electrons. The third kappa shape index (κ3) is 4.32. The molecule has 1 amide bonds. The molecule has 1 saturated carbocycles. The van der Waals surface area contributed by atoms with Crippen LogP contribution in [-0.4, -0.2) is 24.0 Å². The maximum absolute atomic E-state index is 11.3. The first-order valence-corrected chi connectivity index (χ1v) is 5.38. The number of carbonyl (C=O) groups excluding carboxylic acids is 2. The molecule has 0 unspecified atom stereocenters. The number of ether oxygens (including phenoxy) is 1. The Morgan fingerprint density at radius 3 is 2.67 bits per heavy atom. The summed E-state index contributed by atoms with van der Waals surface area (Å²) in [7, 11) is 0. The Hall–Kier alpha value is -1.06. The van der Waals surface area contributed by atoms with Gasteiger partial charge in [0.05, 0.1) is 0 Å². The number of amides is 1. The van der Waals surface area contributed by atoms with Crippen molar-refractivity contribution in [1.82, 2.24) is 5.32 Å². The van der Waals surface area contributed by atoms with Gasteiger partial charge in [-0.25, -0.2) is 4.79 Å². The summed E-state index contributed by atoms with van der Waals surface area (Å²) < 4.78 is 5.07. The highest BCUT2D eigenvalue weighted by Gasteiger charge is 2.25. The maximum Gasteiger partial charge on any atom is 0.407 e. The second kappa shape index (κ2) is 4.64. The van der Waals surface area contributed by atoms with Gasteiger partial charge in [0, 0.05) is 18.9 Å². The molecule has 0 saturated heterocycles. The minimum atomic E-state index is -0.482. The Labute approximate surface area is 90.4 Å².